The van der Waals surface area contributed by atoms with Gasteiger partial charge in [-0.1, -0.05) is 35.4 Å². The Balaban J connectivity index is 1.38. The summed E-state index contributed by atoms with van der Waals surface area (Å²) in [6.07, 6.45) is 3.08. The summed E-state index contributed by atoms with van der Waals surface area (Å²) in [5.41, 5.74) is 2.74. The van der Waals surface area contributed by atoms with Crippen LogP contribution in [0.25, 0.3) is 0 Å². The van der Waals surface area contributed by atoms with Crippen LogP contribution >= 0.6 is 11.6 Å². The molecule has 0 radical (unpaired) electrons. The summed E-state index contributed by atoms with van der Waals surface area (Å²) in [4.78, 5) is 29.0. The number of rotatable bonds is 7. The molecule has 0 saturated carbocycles. The lowest BCUT2D eigenvalue weighted by Crippen LogP contribution is -2.49. The van der Waals surface area contributed by atoms with Gasteiger partial charge in [-0.2, -0.15) is 4.31 Å². The Kier molecular flexibility index (Phi) is 8.48. The van der Waals surface area contributed by atoms with E-state index in [0.717, 1.165) is 37.9 Å². The van der Waals surface area contributed by atoms with Crippen LogP contribution in [0.3, 0.4) is 0 Å². The van der Waals surface area contributed by atoms with Gasteiger partial charge in [0.25, 0.3) is 11.6 Å². The van der Waals surface area contributed by atoms with Gasteiger partial charge >= 0.3 is 0 Å². The minimum atomic E-state index is -3.64. The van der Waals surface area contributed by atoms with Crippen LogP contribution in [-0.4, -0.2) is 62.8 Å². The summed E-state index contributed by atoms with van der Waals surface area (Å²) in [5, 5.41) is 14.9. The molecule has 0 unspecified atom stereocenters. The fourth-order valence-corrected chi connectivity index (χ4v) is 7.08. The SMILES string of the molecule is Cc1ccc(S(=O)(=O)N2CCN(c3c(Cl)cccc3NC(=O)c3cc([N+](=O)[O-])ccc3N3CCCCC3)CC2)cc1. The van der Waals surface area contributed by atoms with E-state index in [1.165, 1.54) is 16.4 Å². The number of anilines is 3. The molecule has 1 amide bonds. The highest BCUT2D eigenvalue weighted by molar-refractivity contribution is 7.89. The van der Waals surface area contributed by atoms with E-state index >= 15 is 0 Å². The number of amides is 1. The second-order valence-corrected chi connectivity index (χ2v) is 12.6. The maximum absolute atomic E-state index is 13.7. The van der Waals surface area contributed by atoms with E-state index in [9.17, 15) is 23.3 Å². The van der Waals surface area contributed by atoms with E-state index in [2.05, 4.69) is 10.2 Å². The van der Waals surface area contributed by atoms with Crippen LogP contribution in [0.15, 0.2) is 65.6 Å². The zero-order valence-corrected chi connectivity index (χ0v) is 24.3. The van der Waals surface area contributed by atoms with Crippen molar-refractivity contribution >= 4 is 50.3 Å². The fraction of sp³-hybridized carbons (Fsp3) is 0.345. The van der Waals surface area contributed by atoms with E-state index in [4.69, 9.17) is 11.6 Å². The van der Waals surface area contributed by atoms with Gasteiger partial charge in [0.1, 0.15) is 0 Å². The third kappa shape index (κ3) is 6.17. The molecule has 2 saturated heterocycles. The van der Waals surface area contributed by atoms with Crippen molar-refractivity contribution < 1.29 is 18.1 Å². The third-order valence-corrected chi connectivity index (χ3v) is 9.80. The molecule has 3 aromatic rings. The molecular formula is C29H32ClN5O5S. The van der Waals surface area contributed by atoms with E-state index in [1.807, 2.05) is 11.8 Å². The van der Waals surface area contributed by atoms with Crippen molar-refractivity contribution in [3.63, 3.8) is 0 Å². The highest BCUT2D eigenvalue weighted by Gasteiger charge is 2.30. The Morgan fingerprint density at radius 3 is 2.24 bits per heavy atom. The first kappa shape index (κ1) is 28.8. The van der Waals surface area contributed by atoms with Crippen molar-refractivity contribution in [3.05, 3.63) is 86.9 Å². The fourth-order valence-electron chi connectivity index (χ4n) is 5.37. The number of nitrogens with one attached hydrogen (secondary N) is 1. The van der Waals surface area contributed by atoms with Gasteiger partial charge in [-0.25, -0.2) is 8.42 Å². The number of hydrogen-bond acceptors (Lipinski definition) is 7. The van der Waals surface area contributed by atoms with Gasteiger partial charge in [0.05, 0.1) is 37.5 Å². The highest BCUT2D eigenvalue weighted by atomic mass is 35.5. The molecule has 10 nitrogen and oxygen atoms in total. The van der Waals surface area contributed by atoms with Gasteiger partial charge in [0.2, 0.25) is 10.0 Å². The molecule has 0 bridgehead atoms. The molecule has 2 heterocycles. The quantitative estimate of drug-likeness (QED) is 0.290. The van der Waals surface area contributed by atoms with E-state index in [0.29, 0.717) is 35.2 Å². The minimum absolute atomic E-state index is 0.159. The van der Waals surface area contributed by atoms with E-state index < -0.39 is 20.9 Å². The van der Waals surface area contributed by atoms with Gasteiger partial charge in [-0.3, -0.25) is 14.9 Å². The average Bonchev–Trinajstić information content (AvgIpc) is 2.97. The summed E-state index contributed by atoms with van der Waals surface area (Å²) in [7, 11) is -3.64. The number of piperazine rings is 1. The largest absolute Gasteiger partial charge is 0.371 e. The number of halogens is 1. The molecule has 12 heteroatoms. The number of sulfonamides is 1. The first-order valence-corrected chi connectivity index (χ1v) is 15.4. The number of non-ortho nitro benzene ring substituents is 1. The number of hydrogen-bond donors (Lipinski definition) is 1. The molecule has 2 aliphatic heterocycles. The molecule has 0 atom stereocenters. The average molecular weight is 598 g/mol. The van der Waals surface area contributed by atoms with Crippen molar-refractivity contribution in [3.8, 4) is 0 Å². The molecule has 2 fully saturated rings. The summed E-state index contributed by atoms with van der Waals surface area (Å²) < 4.78 is 27.8. The van der Waals surface area contributed by atoms with Crippen LogP contribution in [0, 0.1) is 17.0 Å². The molecule has 5 rings (SSSR count). The number of nitro benzene ring substituents is 1. The number of carbonyl (C=O) groups is 1. The van der Waals surface area contributed by atoms with Crippen LogP contribution in [0.4, 0.5) is 22.7 Å². The lowest BCUT2D eigenvalue weighted by molar-refractivity contribution is -0.384. The molecule has 2 aliphatic rings. The number of para-hydroxylation sites is 1. The normalized spacial score (nSPS) is 16.4. The summed E-state index contributed by atoms with van der Waals surface area (Å²) in [5.74, 6) is -0.474. The maximum Gasteiger partial charge on any atom is 0.270 e. The summed E-state index contributed by atoms with van der Waals surface area (Å²) in [6, 6.07) is 16.3. The van der Waals surface area contributed by atoms with Crippen LogP contribution in [0.5, 0.6) is 0 Å². The number of nitrogens with zero attached hydrogens (tertiary/aromatic N) is 4. The van der Waals surface area contributed by atoms with Crippen molar-refractivity contribution in [1.82, 2.24) is 4.31 Å². The van der Waals surface area contributed by atoms with Crippen LogP contribution < -0.4 is 15.1 Å². The number of aryl methyl sites for hydroxylation is 1. The van der Waals surface area contributed by atoms with E-state index in [1.54, 1.807) is 48.5 Å². The Hall–Kier alpha value is -3.67. The molecule has 41 heavy (non-hydrogen) atoms. The number of carbonyl (C=O) groups excluding carboxylic acids is 1. The van der Waals surface area contributed by atoms with Crippen LogP contribution in [-0.2, 0) is 10.0 Å². The van der Waals surface area contributed by atoms with Crippen molar-refractivity contribution in [2.24, 2.45) is 0 Å². The molecule has 216 valence electrons. The Morgan fingerprint density at radius 2 is 1.59 bits per heavy atom. The van der Waals surface area contributed by atoms with Gasteiger partial charge in [-0.15, -0.1) is 0 Å². The van der Waals surface area contributed by atoms with Crippen molar-refractivity contribution in [1.29, 1.82) is 0 Å². The maximum atomic E-state index is 13.7. The first-order chi connectivity index (χ1) is 19.6. The van der Waals surface area contributed by atoms with Gasteiger partial charge in [0.15, 0.2) is 0 Å². The predicted octanol–water partition coefficient (Wildman–Crippen LogP) is 5.31. The zero-order valence-electron chi connectivity index (χ0n) is 22.8. The third-order valence-electron chi connectivity index (χ3n) is 7.58. The number of piperidine rings is 1. The molecular weight excluding hydrogens is 566 g/mol. The molecule has 0 spiro atoms. The lowest BCUT2D eigenvalue weighted by atomic mass is 10.1. The second kappa shape index (κ2) is 12.1. The van der Waals surface area contributed by atoms with Crippen LogP contribution in [0.2, 0.25) is 5.02 Å². The summed E-state index contributed by atoms with van der Waals surface area (Å²) >= 11 is 6.63. The molecule has 0 aliphatic carbocycles. The second-order valence-electron chi connectivity index (χ2n) is 10.3. The Morgan fingerprint density at radius 1 is 0.902 bits per heavy atom. The lowest BCUT2D eigenvalue weighted by Gasteiger charge is -2.36. The van der Waals surface area contributed by atoms with Crippen LogP contribution in [0.1, 0.15) is 35.2 Å². The molecule has 0 aromatic heterocycles. The summed E-state index contributed by atoms with van der Waals surface area (Å²) in [6.45, 7) is 4.69. The Labute approximate surface area is 244 Å². The highest BCUT2D eigenvalue weighted by Crippen LogP contribution is 2.36. The predicted molar refractivity (Wildman–Crippen MR) is 161 cm³/mol. The number of benzene rings is 3. The monoisotopic (exact) mass is 597 g/mol. The topological polar surface area (TPSA) is 116 Å². The first-order valence-electron chi connectivity index (χ1n) is 13.6. The smallest absolute Gasteiger partial charge is 0.270 e. The Bertz CT molecular complexity index is 1550. The molecule has 1 N–H and O–H groups in total. The zero-order chi connectivity index (χ0) is 29.1. The standard InChI is InChI=1S/C29H32ClN5O5S/c1-21-8-11-23(12-9-21)41(39,40)34-18-16-33(17-19-34)28-25(30)6-5-7-26(28)31-29(36)24-20-22(35(37)38)10-13-27(24)32-14-3-2-4-15-32/h5-13,20H,2-4,14-19H2,1H3,(H,31,36). The molecule has 3 aromatic carbocycles. The number of nitro groups is 1. The van der Waals surface area contributed by atoms with Gasteiger partial charge in [-0.05, 0) is 56.5 Å². The van der Waals surface area contributed by atoms with Crippen molar-refractivity contribution in [2.75, 3.05) is 54.4 Å². The van der Waals surface area contributed by atoms with Gasteiger partial charge in [0, 0.05) is 51.4 Å². The minimum Gasteiger partial charge on any atom is -0.371 e. The van der Waals surface area contributed by atoms with E-state index in [-0.39, 0.29) is 29.2 Å². The van der Waals surface area contributed by atoms with Crippen molar-refractivity contribution in [2.45, 2.75) is 31.1 Å². The van der Waals surface area contributed by atoms with Gasteiger partial charge < -0.3 is 15.1 Å².